The summed E-state index contributed by atoms with van der Waals surface area (Å²) in [6.45, 7) is 0.469. The molecule has 1 aliphatic rings. The second kappa shape index (κ2) is 11.7. The predicted octanol–water partition coefficient (Wildman–Crippen LogP) is 4.49. The lowest BCUT2D eigenvalue weighted by atomic mass is 9.81. The molecule has 0 fully saturated rings. The van der Waals surface area contributed by atoms with Crippen molar-refractivity contribution in [3.05, 3.63) is 71.4 Å². The van der Waals surface area contributed by atoms with Gasteiger partial charge in [0.25, 0.3) is 0 Å². The van der Waals surface area contributed by atoms with Gasteiger partial charge in [0.05, 0.1) is 25.3 Å². The zero-order valence-electron chi connectivity index (χ0n) is 20.2. The van der Waals surface area contributed by atoms with Gasteiger partial charge in [0.15, 0.2) is 0 Å². The number of hydrogen-bond acceptors (Lipinski definition) is 6. The first-order valence-corrected chi connectivity index (χ1v) is 12.1. The quantitative estimate of drug-likeness (QED) is 0.332. The van der Waals surface area contributed by atoms with Gasteiger partial charge in [-0.3, -0.25) is 4.90 Å². The van der Waals surface area contributed by atoms with Crippen LogP contribution in [0.4, 0.5) is 4.79 Å². The van der Waals surface area contributed by atoms with E-state index in [0.717, 1.165) is 34.7 Å². The minimum atomic E-state index is -0.483. The molecule has 3 aromatic rings. The number of carbonyl (C=O) groups is 4. The van der Waals surface area contributed by atoms with Crippen molar-refractivity contribution in [2.45, 2.75) is 31.7 Å². The number of amides is 1. The molecule has 0 aliphatic carbocycles. The summed E-state index contributed by atoms with van der Waals surface area (Å²) in [6.07, 6.45) is 2.54. The molecule has 0 spiro atoms. The van der Waals surface area contributed by atoms with Crippen molar-refractivity contribution in [1.82, 2.24) is 9.88 Å². The van der Waals surface area contributed by atoms with Crippen molar-refractivity contribution in [3.8, 4) is 0 Å². The van der Waals surface area contributed by atoms with Gasteiger partial charge in [0.1, 0.15) is 12.6 Å². The zero-order chi connectivity index (χ0) is 25.5. The number of ether oxygens (including phenoxy) is 2. The topological polar surface area (TPSA) is 106 Å². The van der Waals surface area contributed by atoms with Crippen LogP contribution in [0, 0.1) is 11.8 Å². The molecule has 4 rings (SSSR count). The summed E-state index contributed by atoms with van der Waals surface area (Å²) in [5.74, 6) is -1.16. The number of rotatable bonds is 10. The van der Waals surface area contributed by atoms with Gasteiger partial charge in [-0.1, -0.05) is 36.4 Å². The number of hydrogen-bond donors (Lipinski definition) is 1. The number of H-pyrrole nitrogens is 1. The van der Waals surface area contributed by atoms with E-state index in [1.165, 1.54) is 7.11 Å². The Hall–Kier alpha value is -3.94. The number of aromatic amines is 1. The highest BCUT2D eigenvalue weighted by atomic mass is 16.5. The van der Waals surface area contributed by atoms with E-state index < -0.39 is 12.1 Å². The Morgan fingerprint density at radius 2 is 1.72 bits per heavy atom. The molecular formula is C28H30N2O6. The van der Waals surface area contributed by atoms with Gasteiger partial charge >= 0.3 is 12.1 Å². The number of fused-ring (bicyclic) bond motifs is 3. The first-order valence-electron chi connectivity index (χ1n) is 12.1. The normalized spacial score (nSPS) is 16.6. The van der Waals surface area contributed by atoms with E-state index >= 15 is 0 Å². The van der Waals surface area contributed by atoms with E-state index in [2.05, 4.69) is 11.1 Å². The van der Waals surface area contributed by atoms with Crippen LogP contribution in [-0.4, -0.2) is 54.8 Å². The Labute approximate surface area is 209 Å². The Morgan fingerprint density at radius 1 is 1.03 bits per heavy atom. The number of aromatic nitrogens is 1. The van der Waals surface area contributed by atoms with Crippen LogP contribution >= 0.6 is 0 Å². The number of esters is 1. The molecule has 0 radical (unpaired) electrons. The minimum absolute atomic E-state index is 0.00449. The number of nitrogens with zero attached hydrogens (tertiary/aromatic N) is 1. The first-order chi connectivity index (χ1) is 17.6. The Kier molecular flexibility index (Phi) is 8.15. The second-order valence-corrected chi connectivity index (χ2v) is 9.02. The van der Waals surface area contributed by atoms with Crippen LogP contribution in [0.2, 0.25) is 0 Å². The van der Waals surface area contributed by atoms with Crippen LogP contribution in [0.15, 0.2) is 54.6 Å². The van der Waals surface area contributed by atoms with Gasteiger partial charge in [0, 0.05) is 41.9 Å². The second-order valence-electron chi connectivity index (χ2n) is 9.02. The summed E-state index contributed by atoms with van der Waals surface area (Å²) in [4.78, 5) is 53.6. The van der Waals surface area contributed by atoms with Crippen molar-refractivity contribution in [3.63, 3.8) is 0 Å². The van der Waals surface area contributed by atoms with Crippen LogP contribution < -0.4 is 0 Å². The van der Waals surface area contributed by atoms with Gasteiger partial charge in [0.2, 0.25) is 0 Å². The van der Waals surface area contributed by atoms with Crippen molar-refractivity contribution in [2.75, 3.05) is 20.3 Å². The van der Waals surface area contributed by atoms with Crippen LogP contribution in [0.25, 0.3) is 10.9 Å². The van der Waals surface area contributed by atoms with Crippen molar-refractivity contribution in [2.24, 2.45) is 11.8 Å². The summed E-state index contributed by atoms with van der Waals surface area (Å²) >= 11 is 0. The van der Waals surface area contributed by atoms with E-state index in [1.54, 1.807) is 29.2 Å². The monoisotopic (exact) mass is 490 g/mol. The lowest BCUT2D eigenvalue weighted by molar-refractivity contribution is -0.112. The highest BCUT2D eigenvalue weighted by molar-refractivity contribution is 5.89. The number of benzene rings is 2. The molecule has 1 N–H and O–H groups in total. The maximum Gasteiger partial charge on any atom is 0.410 e. The van der Waals surface area contributed by atoms with E-state index in [0.29, 0.717) is 24.9 Å². The maximum absolute atomic E-state index is 12.7. The maximum atomic E-state index is 12.7. The van der Waals surface area contributed by atoms with Crippen molar-refractivity contribution >= 4 is 35.5 Å². The standard InChI is InChI=1S/C28H30N2O6/c1-35-28(34)30-14-11-23-22-9-5-6-10-24(22)29-26(23)25(30)17-20(12-15-31)21(13-16-32)18-36-27(33)19-7-3-2-4-8-19/h2-10,15-16,20-21,25,29H,11-14,17-18H2,1H3/t20-,21+,25-/m0/s1. The predicted molar refractivity (Wildman–Crippen MR) is 134 cm³/mol. The molecule has 3 atom stereocenters. The lowest BCUT2D eigenvalue weighted by Gasteiger charge is -2.37. The molecule has 0 unspecified atom stereocenters. The fourth-order valence-corrected chi connectivity index (χ4v) is 5.15. The number of methoxy groups -OCH3 is 1. The molecule has 2 heterocycles. The molecule has 2 aromatic carbocycles. The van der Waals surface area contributed by atoms with Crippen LogP contribution in [-0.2, 0) is 25.5 Å². The van der Waals surface area contributed by atoms with Crippen LogP contribution in [0.5, 0.6) is 0 Å². The molecule has 1 aliphatic heterocycles. The van der Waals surface area contributed by atoms with Crippen LogP contribution in [0.1, 0.15) is 46.9 Å². The number of para-hydroxylation sites is 1. The molecule has 0 saturated carbocycles. The number of carbonyl (C=O) groups excluding carboxylic acids is 4. The largest absolute Gasteiger partial charge is 0.462 e. The number of aldehydes is 2. The van der Waals surface area contributed by atoms with Crippen LogP contribution in [0.3, 0.4) is 0 Å². The minimum Gasteiger partial charge on any atom is -0.462 e. The van der Waals surface area contributed by atoms with Crippen molar-refractivity contribution in [1.29, 1.82) is 0 Å². The Bertz CT molecular complexity index is 1220. The van der Waals surface area contributed by atoms with Crippen molar-refractivity contribution < 1.29 is 28.7 Å². The number of nitrogens with one attached hydrogen (secondary N) is 1. The summed E-state index contributed by atoms with van der Waals surface area (Å²) < 4.78 is 10.6. The molecular weight excluding hydrogens is 460 g/mol. The van der Waals surface area contributed by atoms with Gasteiger partial charge in [-0.2, -0.15) is 0 Å². The van der Waals surface area contributed by atoms with Gasteiger partial charge in [-0.25, -0.2) is 9.59 Å². The molecule has 1 amide bonds. The lowest BCUT2D eigenvalue weighted by Crippen LogP contribution is -2.41. The summed E-state index contributed by atoms with van der Waals surface area (Å²) in [7, 11) is 1.35. The van der Waals surface area contributed by atoms with E-state index in [1.807, 2.05) is 24.3 Å². The molecule has 0 saturated heterocycles. The average Bonchev–Trinajstić information content (AvgIpc) is 3.30. The molecule has 0 bridgehead atoms. The van der Waals surface area contributed by atoms with E-state index in [4.69, 9.17) is 9.47 Å². The fourth-order valence-electron chi connectivity index (χ4n) is 5.15. The SMILES string of the molecule is COC(=O)N1CCc2c([nH]c3ccccc23)[C@@H]1C[C@H](CC=O)[C@H](CC=O)COC(=O)c1ccccc1. The molecule has 188 valence electrons. The summed E-state index contributed by atoms with van der Waals surface area (Å²) in [5.41, 5.74) is 3.45. The third kappa shape index (κ3) is 5.32. The summed E-state index contributed by atoms with van der Waals surface area (Å²) in [5, 5.41) is 1.11. The molecule has 8 nitrogen and oxygen atoms in total. The van der Waals surface area contributed by atoms with Gasteiger partial charge in [-0.15, -0.1) is 0 Å². The highest BCUT2D eigenvalue weighted by Crippen LogP contribution is 2.40. The average molecular weight is 491 g/mol. The van der Waals surface area contributed by atoms with E-state index in [9.17, 15) is 19.2 Å². The third-order valence-electron chi connectivity index (χ3n) is 7.00. The zero-order valence-corrected chi connectivity index (χ0v) is 20.2. The van der Waals surface area contributed by atoms with Gasteiger partial charge < -0.3 is 24.0 Å². The Balaban J connectivity index is 1.61. The van der Waals surface area contributed by atoms with Gasteiger partial charge in [-0.05, 0) is 42.5 Å². The molecule has 8 heteroatoms. The third-order valence-corrected chi connectivity index (χ3v) is 7.00. The fraction of sp³-hybridized carbons (Fsp3) is 0.357. The first kappa shape index (κ1) is 25.2. The summed E-state index contributed by atoms with van der Waals surface area (Å²) in [6, 6.07) is 16.2. The molecule has 1 aromatic heterocycles. The highest BCUT2D eigenvalue weighted by Gasteiger charge is 2.37. The molecule has 36 heavy (non-hydrogen) atoms. The smallest absolute Gasteiger partial charge is 0.410 e. The Morgan fingerprint density at radius 3 is 2.44 bits per heavy atom. The van der Waals surface area contributed by atoms with E-state index in [-0.39, 0.29) is 37.3 Å².